The number of anilines is 1. The normalized spacial score (nSPS) is 27.0. The fourth-order valence-electron chi connectivity index (χ4n) is 2.74. The molecule has 2 saturated heterocycles. The second-order valence-corrected chi connectivity index (χ2v) is 6.10. The van der Waals surface area contributed by atoms with Gasteiger partial charge in [-0.1, -0.05) is 0 Å². The maximum atomic E-state index is 12.4. The zero-order chi connectivity index (χ0) is 14.1. The van der Waals surface area contributed by atoms with Crippen molar-refractivity contribution in [1.29, 1.82) is 0 Å². The molecule has 6 nitrogen and oxygen atoms in total. The van der Waals surface area contributed by atoms with Crippen LogP contribution < -0.4 is 10.5 Å². The van der Waals surface area contributed by atoms with E-state index in [0.717, 1.165) is 37.9 Å². The van der Waals surface area contributed by atoms with E-state index < -0.39 is 0 Å². The van der Waals surface area contributed by atoms with Crippen molar-refractivity contribution < 1.29 is 9.84 Å². The lowest BCUT2D eigenvalue weighted by Gasteiger charge is -2.25. The first-order valence-corrected chi connectivity index (χ1v) is 7.78. The number of aliphatic hydroxyl groups excluding tert-OH is 1. The molecule has 0 amide bonds. The first kappa shape index (κ1) is 14.0. The van der Waals surface area contributed by atoms with Gasteiger partial charge in [0.05, 0.1) is 18.0 Å². The van der Waals surface area contributed by atoms with Gasteiger partial charge in [-0.3, -0.25) is 4.79 Å². The summed E-state index contributed by atoms with van der Waals surface area (Å²) in [6, 6.07) is 0. The molecule has 2 atom stereocenters. The molecule has 0 aromatic carbocycles. The van der Waals surface area contributed by atoms with Crippen LogP contribution in [-0.2, 0) is 4.74 Å². The van der Waals surface area contributed by atoms with Gasteiger partial charge in [-0.25, -0.2) is 0 Å². The second-order valence-electron chi connectivity index (χ2n) is 5.30. The van der Waals surface area contributed by atoms with Crippen molar-refractivity contribution in [3.05, 3.63) is 21.0 Å². The van der Waals surface area contributed by atoms with Crippen LogP contribution in [0.1, 0.15) is 31.9 Å². The van der Waals surface area contributed by atoms with Crippen molar-refractivity contribution in [2.75, 3.05) is 24.6 Å². The zero-order valence-corrected chi connectivity index (χ0v) is 12.8. The molecule has 2 aliphatic heterocycles. The van der Waals surface area contributed by atoms with Gasteiger partial charge in [0.15, 0.2) is 6.23 Å². The molecule has 1 N–H and O–H groups in total. The van der Waals surface area contributed by atoms with Crippen molar-refractivity contribution in [3.8, 4) is 0 Å². The quantitative estimate of drug-likeness (QED) is 0.875. The molecule has 7 heteroatoms. The third-order valence-electron chi connectivity index (χ3n) is 3.86. The van der Waals surface area contributed by atoms with E-state index in [1.54, 1.807) is 6.20 Å². The highest BCUT2D eigenvalue weighted by Crippen LogP contribution is 2.27. The first-order valence-electron chi connectivity index (χ1n) is 6.99. The predicted molar refractivity (Wildman–Crippen MR) is 77.9 cm³/mol. The first-order chi connectivity index (χ1) is 9.66. The van der Waals surface area contributed by atoms with Crippen LogP contribution in [0.5, 0.6) is 0 Å². The Bertz CT molecular complexity index is 542. The number of ether oxygens (including phenoxy) is 1. The van der Waals surface area contributed by atoms with Crippen LogP contribution in [0.4, 0.5) is 5.69 Å². The molecule has 1 aromatic rings. The fourth-order valence-corrected chi connectivity index (χ4v) is 3.27. The van der Waals surface area contributed by atoms with Gasteiger partial charge in [0.2, 0.25) is 0 Å². The summed E-state index contributed by atoms with van der Waals surface area (Å²) in [5, 5.41) is 13.9. The summed E-state index contributed by atoms with van der Waals surface area (Å²) in [7, 11) is 0. The summed E-state index contributed by atoms with van der Waals surface area (Å²) in [4.78, 5) is 14.4. The third kappa shape index (κ3) is 2.62. The number of rotatable bonds is 2. The van der Waals surface area contributed by atoms with E-state index in [0.29, 0.717) is 17.6 Å². The molecule has 3 rings (SSSR count). The Hall–Kier alpha value is -0.920. The van der Waals surface area contributed by atoms with Crippen molar-refractivity contribution in [2.45, 2.75) is 38.0 Å². The molecule has 0 bridgehead atoms. The second kappa shape index (κ2) is 5.83. The Balaban J connectivity index is 1.88. The summed E-state index contributed by atoms with van der Waals surface area (Å²) in [5.41, 5.74) is 0.578. The maximum Gasteiger partial charge on any atom is 0.285 e. The van der Waals surface area contributed by atoms with Gasteiger partial charge >= 0.3 is 0 Å². The smallest absolute Gasteiger partial charge is 0.285 e. The standard InChI is InChI=1S/C13H18BrN3O3/c14-12-10(16-5-4-9(18)8-16)7-15-17(13(12)19)11-3-1-2-6-20-11/h7,9,11,18H,1-6,8H2. The Morgan fingerprint density at radius 3 is 2.90 bits per heavy atom. The average Bonchev–Trinajstić information content (AvgIpc) is 2.89. The lowest BCUT2D eigenvalue weighted by atomic mass is 10.2. The Morgan fingerprint density at radius 2 is 2.25 bits per heavy atom. The molecule has 110 valence electrons. The lowest BCUT2D eigenvalue weighted by molar-refractivity contribution is -0.0425. The Morgan fingerprint density at radius 1 is 1.40 bits per heavy atom. The summed E-state index contributed by atoms with van der Waals surface area (Å²) < 4.78 is 7.52. The monoisotopic (exact) mass is 343 g/mol. The Kier molecular flexibility index (Phi) is 4.09. The highest BCUT2D eigenvalue weighted by atomic mass is 79.9. The van der Waals surface area contributed by atoms with E-state index in [1.807, 2.05) is 4.90 Å². The van der Waals surface area contributed by atoms with E-state index in [9.17, 15) is 9.90 Å². The van der Waals surface area contributed by atoms with Crippen LogP contribution in [0.2, 0.25) is 0 Å². The molecular weight excluding hydrogens is 326 g/mol. The van der Waals surface area contributed by atoms with Crippen molar-refractivity contribution in [2.24, 2.45) is 0 Å². The fraction of sp³-hybridized carbons (Fsp3) is 0.692. The van der Waals surface area contributed by atoms with Crippen LogP contribution in [0, 0.1) is 0 Å². The highest BCUT2D eigenvalue weighted by Gasteiger charge is 2.25. The topological polar surface area (TPSA) is 67.6 Å². The number of hydrogen-bond donors (Lipinski definition) is 1. The number of hydrogen-bond acceptors (Lipinski definition) is 5. The number of β-amino-alcohol motifs (C(OH)–C–C–N with tert-alkyl or cyclic N) is 1. The molecule has 2 fully saturated rings. The van der Waals surface area contributed by atoms with Gasteiger partial charge in [0, 0.05) is 19.7 Å². The van der Waals surface area contributed by atoms with E-state index in [-0.39, 0.29) is 17.9 Å². The van der Waals surface area contributed by atoms with E-state index >= 15 is 0 Å². The molecule has 2 aliphatic rings. The van der Waals surface area contributed by atoms with Gasteiger partial charge in [-0.15, -0.1) is 0 Å². The molecule has 0 radical (unpaired) electrons. The lowest BCUT2D eigenvalue weighted by Crippen LogP contribution is -2.33. The molecule has 1 aromatic heterocycles. The third-order valence-corrected chi connectivity index (χ3v) is 4.60. The van der Waals surface area contributed by atoms with Crippen LogP contribution >= 0.6 is 15.9 Å². The summed E-state index contributed by atoms with van der Waals surface area (Å²) >= 11 is 3.38. The molecule has 20 heavy (non-hydrogen) atoms. The molecule has 2 unspecified atom stereocenters. The minimum absolute atomic E-state index is 0.171. The highest BCUT2D eigenvalue weighted by molar-refractivity contribution is 9.10. The molecule has 3 heterocycles. The average molecular weight is 344 g/mol. The summed E-state index contributed by atoms with van der Waals surface area (Å²) in [5.74, 6) is 0. The van der Waals surface area contributed by atoms with Crippen molar-refractivity contribution >= 4 is 21.6 Å². The number of halogens is 1. The van der Waals surface area contributed by atoms with Gasteiger partial charge in [-0.05, 0) is 41.6 Å². The zero-order valence-electron chi connectivity index (χ0n) is 11.2. The minimum Gasteiger partial charge on any atom is -0.391 e. The number of aromatic nitrogens is 2. The van der Waals surface area contributed by atoms with E-state index in [1.165, 1.54) is 4.68 Å². The van der Waals surface area contributed by atoms with Crippen molar-refractivity contribution in [3.63, 3.8) is 0 Å². The SMILES string of the molecule is O=c1c(Br)c(N2CCC(O)C2)cnn1C1CCCCO1. The van der Waals surface area contributed by atoms with Crippen LogP contribution in [0.3, 0.4) is 0 Å². The van der Waals surface area contributed by atoms with E-state index in [4.69, 9.17) is 4.74 Å². The molecule has 0 spiro atoms. The Labute approximate surface area is 125 Å². The minimum atomic E-state index is -0.328. The molecule has 0 saturated carbocycles. The summed E-state index contributed by atoms with van der Waals surface area (Å²) in [6.45, 7) is 1.96. The van der Waals surface area contributed by atoms with Crippen LogP contribution in [-0.4, -0.2) is 40.7 Å². The predicted octanol–water partition coefficient (Wildman–Crippen LogP) is 1.28. The van der Waals surface area contributed by atoms with Gasteiger partial charge in [-0.2, -0.15) is 9.78 Å². The van der Waals surface area contributed by atoms with Crippen LogP contribution in [0.15, 0.2) is 15.5 Å². The maximum absolute atomic E-state index is 12.4. The van der Waals surface area contributed by atoms with Gasteiger partial charge in [0.25, 0.3) is 5.56 Å². The van der Waals surface area contributed by atoms with Crippen LogP contribution in [0.25, 0.3) is 0 Å². The number of nitrogens with zero attached hydrogens (tertiary/aromatic N) is 3. The largest absolute Gasteiger partial charge is 0.391 e. The van der Waals surface area contributed by atoms with Gasteiger partial charge < -0.3 is 14.7 Å². The number of aliphatic hydroxyl groups is 1. The van der Waals surface area contributed by atoms with E-state index in [2.05, 4.69) is 21.0 Å². The summed E-state index contributed by atoms with van der Waals surface area (Å²) in [6.07, 6.45) is 4.73. The van der Waals surface area contributed by atoms with Crippen molar-refractivity contribution in [1.82, 2.24) is 9.78 Å². The van der Waals surface area contributed by atoms with Gasteiger partial charge in [0.1, 0.15) is 4.47 Å². The molecular formula is C13H18BrN3O3. The molecule has 0 aliphatic carbocycles.